The van der Waals surface area contributed by atoms with Gasteiger partial charge in [-0.3, -0.25) is 4.79 Å². The van der Waals surface area contributed by atoms with Gasteiger partial charge >= 0.3 is 5.97 Å². The quantitative estimate of drug-likeness (QED) is 0.303. The Hall–Kier alpha value is -3.21. The number of nitrogens with one attached hydrogen (secondary N) is 1. The highest BCUT2D eigenvalue weighted by molar-refractivity contribution is 6.32. The lowest BCUT2D eigenvalue weighted by Gasteiger charge is -2.14. The molecule has 32 heavy (non-hydrogen) atoms. The van der Waals surface area contributed by atoms with Gasteiger partial charge in [0.2, 0.25) is 0 Å². The topological polar surface area (TPSA) is 97.7 Å². The fraction of sp³-hybridized carbons (Fsp3) is 0.261. The third kappa shape index (κ3) is 6.91. The third-order valence-corrected chi connectivity index (χ3v) is 4.77. The molecule has 0 aromatic heterocycles. The normalized spacial score (nSPS) is 10.8. The number of anilines is 1. The summed E-state index contributed by atoms with van der Waals surface area (Å²) in [6.07, 6.45) is 1.37. The van der Waals surface area contributed by atoms with E-state index < -0.39 is 11.9 Å². The molecular weight excluding hydrogens is 455 g/mol. The monoisotopic (exact) mass is 476 g/mol. The predicted molar refractivity (Wildman–Crippen MR) is 123 cm³/mol. The van der Waals surface area contributed by atoms with Gasteiger partial charge < -0.3 is 19.5 Å². The van der Waals surface area contributed by atoms with E-state index in [9.17, 15) is 14.9 Å². The van der Waals surface area contributed by atoms with E-state index in [1.165, 1.54) is 12.1 Å². The lowest BCUT2D eigenvalue weighted by Crippen LogP contribution is -2.15. The zero-order valence-corrected chi connectivity index (χ0v) is 19.3. The van der Waals surface area contributed by atoms with Crippen molar-refractivity contribution in [2.24, 2.45) is 0 Å². The number of hydrogen-bond acceptors (Lipinski definition) is 6. The molecule has 0 saturated carbocycles. The SMILES string of the molecule is CCOC(=O)COc1c(Cl)cc(/C=C(/C#N)C(=O)Nc2ccc(C)c(Cl)c2)cc1OCC. The van der Waals surface area contributed by atoms with Gasteiger partial charge in [-0.15, -0.1) is 0 Å². The maximum atomic E-state index is 12.6. The number of rotatable bonds is 9. The van der Waals surface area contributed by atoms with E-state index in [-0.39, 0.29) is 35.3 Å². The van der Waals surface area contributed by atoms with Gasteiger partial charge in [-0.2, -0.15) is 5.26 Å². The summed E-state index contributed by atoms with van der Waals surface area (Å²) in [6.45, 7) is 5.49. The number of halogens is 2. The van der Waals surface area contributed by atoms with E-state index in [2.05, 4.69) is 5.32 Å². The number of benzene rings is 2. The van der Waals surface area contributed by atoms with Crippen LogP contribution in [0.15, 0.2) is 35.9 Å². The Morgan fingerprint density at radius 1 is 1.09 bits per heavy atom. The van der Waals surface area contributed by atoms with Crippen molar-refractivity contribution in [1.29, 1.82) is 5.26 Å². The van der Waals surface area contributed by atoms with Gasteiger partial charge in [0.1, 0.15) is 11.6 Å². The van der Waals surface area contributed by atoms with Crippen LogP contribution in [0.25, 0.3) is 6.08 Å². The molecule has 0 radical (unpaired) electrons. The van der Waals surface area contributed by atoms with Crippen LogP contribution < -0.4 is 14.8 Å². The van der Waals surface area contributed by atoms with Crippen LogP contribution in [0.2, 0.25) is 10.0 Å². The summed E-state index contributed by atoms with van der Waals surface area (Å²) in [5, 5.41) is 12.8. The Bertz CT molecular complexity index is 1080. The van der Waals surface area contributed by atoms with Crippen molar-refractivity contribution >= 4 is 46.8 Å². The van der Waals surface area contributed by atoms with Crippen LogP contribution in [-0.4, -0.2) is 31.7 Å². The number of hydrogen-bond donors (Lipinski definition) is 1. The van der Waals surface area contributed by atoms with E-state index in [0.29, 0.717) is 22.9 Å². The minimum absolute atomic E-state index is 0.148. The molecule has 168 valence electrons. The Labute approximate surface area is 196 Å². The molecule has 1 N–H and O–H groups in total. The third-order valence-electron chi connectivity index (χ3n) is 4.08. The van der Waals surface area contributed by atoms with Crippen molar-refractivity contribution in [3.05, 3.63) is 57.1 Å². The molecule has 0 bridgehead atoms. The average molecular weight is 477 g/mol. The number of carbonyl (C=O) groups excluding carboxylic acids is 2. The van der Waals surface area contributed by atoms with E-state index in [1.807, 2.05) is 13.0 Å². The largest absolute Gasteiger partial charge is 0.490 e. The molecule has 7 nitrogen and oxygen atoms in total. The minimum Gasteiger partial charge on any atom is -0.490 e. The van der Waals surface area contributed by atoms with Crippen molar-refractivity contribution in [2.75, 3.05) is 25.1 Å². The van der Waals surface area contributed by atoms with Crippen LogP contribution in [0, 0.1) is 18.3 Å². The second-order valence-electron chi connectivity index (χ2n) is 6.44. The molecule has 0 aliphatic rings. The molecular formula is C23H22Cl2N2O5. The lowest BCUT2D eigenvalue weighted by atomic mass is 10.1. The number of nitrogens with zero attached hydrogens (tertiary/aromatic N) is 1. The summed E-state index contributed by atoms with van der Waals surface area (Å²) in [5.41, 5.74) is 1.61. The first-order valence-electron chi connectivity index (χ1n) is 9.73. The molecule has 2 aromatic carbocycles. The number of aryl methyl sites for hydroxylation is 1. The predicted octanol–water partition coefficient (Wildman–Crippen LogP) is 5.19. The number of ether oxygens (including phenoxy) is 3. The number of amides is 1. The molecule has 0 unspecified atom stereocenters. The summed E-state index contributed by atoms with van der Waals surface area (Å²) in [5.74, 6) is -0.728. The Kier molecular flexibility index (Phi) is 9.39. The summed E-state index contributed by atoms with van der Waals surface area (Å²) in [7, 11) is 0. The lowest BCUT2D eigenvalue weighted by molar-refractivity contribution is -0.145. The molecule has 0 saturated heterocycles. The zero-order chi connectivity index (χ0) is 23.7. The molecule has 2 aromatic rings. The smallest absolute Gasteiger partial charge is 0.344 e. The standard InChI is InChI=1S/C23H22Cl2N2O5/c1-4-30-20-10-15(9-19(25)22(20)32-13-21(28)31-5-2)8-16(12-26)23(29)27-17-7-6-14(3)18(24)11-17/h6-11H,4-5,13H2,1-3H3,(H,27,29)/b16-8-. The molecule has 2 rings (SSSR count). The number of esters is 1. The van der Waals surface area contributed by atoms with Crippen LogP contribution >= 0.6 is 23.2 Å². The Morgan fingerprint density at radius 2 is 1.84 bits per heavy atom. The number of nitriles is 1. The van der Waals surface area contributed by atoms with E-state index in [4.69, 9.17) is 37.4 Å². The highest BCUT2D eigenvalue weighted by atomic mass is 35.5. The Morgan fingerprint density at radius 3 is 2.47 bits per heavy atom. The van der Waals surface area contributed by atoms with Crippen LogP contribution in [0.1, 0.15) is 25.0 Å². The summed E-state index contributed by atoms with van der Waals surface area (Å²) in [6, 6.07) is 9.98. The van der Waals surface area contributed by atoms with Gasteiger partial charge in [0.25, 0.3) is 5.91 Å². The maximum Gasteiger partial charge on any atom is 0.344 e. The van der Waals surface area contributed by atoms with Gasteiger partial charge in [-0.1, -0.05) is 29.3 Å². The van der Waals surface area contributed by atoms with E-state index >= 15 is 0 Å². The highest BCUT2D eigenvalue weighted by Crippen LogP contribution is 2.37. The maximum absolute atomic E-state index is 12.6. The zero-order valence-electron chi connectivity index (χ0n) is 17.8. The molecule has 0 spiro atoms. The fourth-order valence-electron chi connectivity index (χ4n) is 2.59. The first-order chi connectivity index (χ1) is 15.3. The van der Waals surface area contributed by atoms with Crippen molar-refractivity contribution in [1.82, 2.24) is 0 Å². The molecule has 0 heterocycles. The van der Waals surface area contributed by atoms with Gasteiger partial charge in [-0.25, -0.2) is 4.79 Å². The van der Waals surface area contributed by atoms with Crippen molar-refractivity contribution in [3.8, 4) is 17.6 Å². The van der Waals surface area contributed by atoms with Crippen molar-refractivity contribution in [2.45, 2.75) is 20.8 Å². The molecule has 0 aliphatic carbocycles. The second kappa shape index (κ2) is 12.0. The van der Waals surface area contributed by atoms with Crippen molar-refractivity contribution < 1.29 is 23.8 Å². The summed E-state index contributed by atoms with van der Waals surface area (Å²) in [4.78, 5) is 24.1. The highest BCUT2D eigenvalue weighted by Gasteiger charge is 2.16. The van der Waals surface area contributed by atoms with Gasteiger partial charge in [0, 0.05) is 10.7 Å². The second-order valence-corrected chi connectivity index (χ2v) is 7.26. The van der Waals surface area contributed by atoms with Crippen LogP contribution in [0.5, 0.6) is 11.5 Å². The molecule has 0 atom stereocenters. The van der Waals surface area contributed by atoms with Gasteiger partial charge in [0.05, 0.1) is 18.2 Å². The number of carbonyl (C=O) groups is 2. The molecule has 0 aliphatic heterocycles. The first kappa shape index (κ1) is 25.1. The van der Waals surface area contributed by atoms with Crippen LogP contribution in [0.4, 0.5) is 5.69 Å². The molecule has 9 heteroatoms. The van der Waals surface area contributed by atoms with Gasteiger partial charge in [0.15, 0.2) is 18.1 Å². The fourth-order valence-corrected chi connectivity index (χ4v) is 3.05. The summed E-state index contributed by atoms with van der Waals surface area (Å²) < 4.78 is 15.9. The van der Waals surface area contributed by atoms with Crippen LogP contribution in [-0.2, 0) is 14.3 Å². The van der Waals surface area contributed by atoms with Crippen molar-refractivity contribution in [3.63, 3.8) is 0 Å². The first-order valence-corrected chi connectivity index (χ1v) is 10.5. The van der Waals surface area contributed by atoms with E-state index in [1.54, 1.807) is 38.1 Å². The molecule has 1 amide bonds. The summed E-state index contributed by atoms with van der Waals surface area (Å²) >= 11 is 12.4. The average Bonchev–Trinajstić information content (AvgIpc) is 2.74. The van der Waals surface area contributed by atoms with Gasteiger partial charge in [-0.05, 0) is 62.2 Å². The minimum atomic E-state index is -0.607. The molecule has 0 fully saturated rings. The van der Waals surface area contributed by atoms with E-state index in [0.717, 1.165) is 5.56 Å². The van der Waals surface area contributed by atoms with Crippen LogP contribution in [0.3, 0.4) is 0 Å². The Balaban J connectivity index is 2.29.